The molecule has 0 heterocycles. The first kappa shape index (κ1) is 23.7. The fraction of sp³-hybridized carbons (Fsp3) is 0.125. The van der Waals surface area contributed by atoms with Crippen molar-refractivity contribution in [3.63, 3.8) is 0 Å². The third kappa shape index (κ3) is 5.83. The van der Waals surface area contributed by atoms with Crippen molar-refractivity contribution < 1.29 is 23.1 Å². The number of aromatic carboxylic acids is 1. The Kier molecular flexibility index (Phi) is 7.24. The summed E-state index contributed by atoms with van der Waals surface area (Å²) in [6.45, 7) is 3.21. The molecule has 3 rings (SSSR count). The van der Waals surface area contributed by atoms with Crippen molar-refractivity contribution in [2.24, 2.45) is 5.10 Å². The summed E-state index contributed by atoms with van der Waals surface area (Å²) in [5.41, 5.74) is 4.78. The smallest absolute Gasteiger partial charge is 0.336 e. The van der Waals surface area contributed by atoms with E-state index in [1.807, 2.05) is 13.8 Å². The van der Waals surface area contributed by atoms with Crippen LogP contribution in [-0.4, -0.2) is 38.2 Å². The van der Waals surface area contributed by atoms with E-state index in [-0.39, 0.29) is 10.5 Å². The van der Waals surface area contributed by atoms with Crippen LogP contribution in [0.15, 0.2) is 82.8 Å². The van der Waals surface area contributed by atoms with Gasteiger partial charge in [-0.1, -0.05) is 53.6 Å². The third-order valence-corrected chi connectivity index (χ3v) is 6.59. The largest absolute Gasteiger partial charge is 0.478 e. The second-order valence-corrected chi connectivity index (χ2v) is 9.21. The summed E-state index contributed by atoms with van der Waals surface area (Å²) in [6.07, 6.45) is 1.20. The maximum Gasteiger partial charge on any atom is 0.336 e. The summed E-state index contributed by atoms with van der Waals surface area (Å²) in [6, 6.07) is 19.3. The number of hydrogen-bond donors (Lipinski definition) is 2. The Morgan fingerprint density at radius 1 is 0.939 bits per heavy atom. The van der Waals surface area contributed by atoms with Gasteiger partial charge < -0.3 is 5.11 Å². The van der Waals surface area contributed by atoms with Crippen molar-refractivity contribution in [3.05, 3.63) is 95.1 Å². The highest BCUT2D eigenvalue weighted by atomic mass is 32.2. The van der Waals surface area contributed by atoms with Crippen LogP contribution >= 0.6 is 0 Å². The fourth-order valence-corrected chi connectivity index (χ4v) is 4.43. The van der Waals surface area contributed by atoms with Crippen molar-refractivity contribution >= 4 is 33.8 Å². The van der Waals surface area contributed by atoms with Gasteiger partial charge in [0.15, 0.2) is 0 Å². The normalized spacial score (nSPS) is 11.3. The second kappa shape index (κ2) is 10.1. The number of rotatable bonds is 8. The Morgan fingerprint density at radius 2 is 1.52 bits per heavy atom. The SMILES string of the molecule is Cc1ccc(N(CC(=O)N/N=C\c2ccccc2C(=O)O)S(=O)(=O)c2ccc(C)cc2)cc1. The zero-order chi connectivity index (χ0) is 24.0. The van der Waals surface area contributed by atoms with E-state index < -0.39 is 28.4 Å². The molecule has 0 aliphatic carbocycles. The van der Waals surface area contributed by atoms with Crippen molar-refractivity contribution in [1.82, 2.24) is 5.43 Å². The zero-order valence-electron chi connectivity index (χ0n) is 18.1. The van der Waals surface area contributed by atoms with Crippen molar-refractivity contribution in [2.75, 3.05) is 10.8 Å². The lowest BCUT2D eigenvalue weighted by molar-refractivity contribution is -0.119. The summed E-state index contributed by atoms with van der Waals surface area (Å²) in [4.78, 5) is 23.9. The lowest BCUT2D eigenvalue weighted by Gasteiger charge is -2.24. The van der Waals surface area contributed by atoms with Gasteiger partial charge in [-0.2, -0.15) is 5.10 Å². The third-order valence-electron chi connectivity index (χ3n) is 4.80. The molecule has 8 nitrogen and oxygen atoms in total. The van der Waals surface area contributed by atoms with E-state index in [1.54, 1.807) is 54.6 Å². The number of hydrazone groups is 1. The number of nitrogens with zero attached hydrogens (tertiary/aromatic N) is 2. The average molecular weight is 466 g/mol. The first-order valence-corrected chi connectivity index (χ1v) is 11.4. The number of carboxylic acids is 1. The van der Waals surface area contributed by atoms with Gasteiger partial charge in [0.2, 0.25) is 0 Å². The van der Waals surface area contributed by atoms with Crippen LogP contribution in [0.3, 0.4) is 0 Å². The first-order chi connectivity index (χ1) is 15.7. The summed E-state index contributed by atoms with van der Waals surface area (Å²) >= 11 is 0. The monoisotopic (exact) mass is 465 g/mol. The Morgan fingerprint density at radius 3 is 2.12 bits per heavy atom. The van der Waals surface area contributed by atoms with E-state index in [9.17, 15) is 23.1 Å². The van der Waals surface area contributed by atoms with Gasteiger partial charge in [0, 0.05) is 5.56 Å². The quantitative estimate of drug-likeness (QED) is 0.391. The maximum atomic E-state index is 13.3. The summed E-state index contributed by atoms with van der Waals surface area (Å²) in [5, 5.41) is 13.0. The molecule has 170 valence electrons. The standard InChI is InChI=1S/C24H23N3O5S/c1-17-7-11-20(12-8-17)27(33(31,32)21-13-9-18(2)10-14-21)16-23(28)26-25-15-19-5-3-4-6-22(19)24(29)30/h3-15H,16H2,1-2H3,(H,26,28)(H,29,30)/b25-15-. The minimum atomic E-state index is -4.03. The molecule has 0 unspecified atom stereocenters. The summed E-state index contributed by atoms with van der Waals surface area (Å²) in [7, 11) is -4.03. The van der Waals surface area contributed by atoms with Crippen molar-refractivity contribution in [2.45, 2.75) is 18.7 Å². The summed E-state index contributed by atoms with van der Waals surface area (Å²) < 4.78 is 27.7. The molecule has 0 saturated heterocycles. The number of anilines is 1. The molecule has 0 aliphatic heterocycles. The fourth-order valence-electron chi connectivity index (χ4n) is 3.01. The lowest BCUT2D eigenvalue weighted by atomic mass is 10.1. The first-order valence-electron chi connectivity index (χ1n) is 9.99. The highest BCUT2D eigenvalue weighted by Crippen LogP contribution is 2.24. The van der Waals surface area contributed by atoms with Gasteiger partial charge in [0.1, 0.15) is 6.54 Å². The van der Waals surface area contributed by atoms with Crippen LogP contribution in [0.4, 0.5) is 5.69 Å². The predicted octanol–water partition coefficient (Wildman–Crippen LogP) is 3.35. The number of amides is 1. The number of nitrogens with one attached hydrogen (secondary N) is 1. The van der Waals surface area contributed by atoms with Crippen LogP contribution in [0.25, 0.3) is 0 Å². The Labute approximate surface area is 192 Å². The van der Waals surface area contributed by atoms with Crippen molar-refractivity contribution in [1.29, 1.82) is 0 Å². The average Bonchev–Trinajstić information content (AvgIpc) is 2.78. The zero-order valence-corrected chi connectivity index (χ0v) is 18.9. The van der Waals surface area contributed by atoms with E-state index in [0.29, 0.717) is 11.3 Å². The van der Waals surface area contributed by atoms with Crippen LogP contribution in [-0.2, 0) is 14.8 Å². The van der Waals surface area contributed by atoms with Crippen LogP contribution in [0, 0.1) is 13.8 Å². The van der Waals surface area contributed by atoms with Gasteiger partial charge in [-0.25, -0.2) is 18.6 Å². The van der Waals surface area contributed by atoms with E-state index in [1.165, 1.54) is 24.4 Å². The molecule has 0 aliphatic rings. The van der Waals surface area contributed by atoms with Crippen LogP contribution in [0.2, 0.25) is 0 Å². The van der Waals surface area contributed by atoms with Crippen LogP contribution < -0.4 is 9.73 Å². The Hall–Kier alpha value is -3.98. The number of carbonyl (C=O) groups is 2. The molecule has 0 saturated carbocycles. The molecule has 0 aromatic heterocycles. The molecular formula is C24H23N3O5S. The number of hydrogen-bond acceptors (Lipinski definition) is 5. The van der Waals surface area contributed by atoms with Crippen LogP contribution in [0.5, 0.6) is 0 Å². The number of carbonyl (C=O) groups excluding carboxylic acids is 1. The predicted molar refractivity (Wildman–Crippen MR) is 126 cm³/mol. The van der Waals surface area contributed by atoms with Crippen LogP contribution in [0.1, 0.15) is 27.0 Å². The lowest BCUT2D eigenvalue weighted by Crippen LogP contribution is -2.39. The van der Waals surface area contributed by atoms with E-state index in [2.05, 4.69) is 10.5 Å². The van der Waals surface area contributed by atoms with Gasteiger partial charge in [-0.3, -0.25) is 9.10 Å². The number of carboxylic acid groups (broad SMARTS) is 1. The molecule has 0 bridgehead atoms. The van der Waals surface area contributed by atoms with Gasteiger partial charge in [0.25, 0.3) is 15.9 Å². The molecule has 9 heteroatoms. The van der Waals surface area contributed by atoms with Gasteiger partial charge in [-0.05, 0) is 44.2 Å². The Bertz CT molecular complexity index is 1280. The molecule has 3 aromatic rings. The Balaban J connectivity index is 1.85. The maximum absolute atomic E-state index is 13.3. The highest BCUT2D eigenvalue weighted by molar-refractivity contribution is 7.92. The minimum Gasteiger partial charge on any atom is -0.478 e. The van der Waals surface area contributed by atoms with E-state index >= 15 is 0 Å². The number of aryl methyl sites for hydroxylation is 2. The number of sulfonamides is 1. The molecule has 1 amide bonds. The second-order valence-electron chi connectivity index (χ2n) is 7.35. The van der Waals surface area contributed by atoms with Crippen molar-refractivity contribution in [3.8, 4) is 0 Å². The van der Waals surface area contributed by atoms with E-state index in [4.69, 9.17) is 0 Å². The topological polar surface area (TPSA) is 116 Å². The minimum absolute atomic E-state index is 0.0266. The molecule has 2 N–H and O–H groups in total. The number of benzene rings is 3. The highest BCUT2D eigenvalue weighted by Gasteiger charge is 2.27. The van der Waals surface area contributed by atoms with Gasteiger partial charge in [0.05, 0.1) is 22.4 Å². The van der Waals surface area contributed by atoms with E-state index in [0.717, 1.165) is 15.4 Å². The molecule has 0 radical (unpaired) electrons. The molecule has 0 fully saturated rings. The summed E-state index contributed by atoms with van der Waals surface area (Å²) in [5.74, 6) is -1.81. The molecule has 3 aromatic carbocycles. The molecule has 0 spiro atoms. The van der Waals surface area contributed by atoms with Gasteiger partial charge >= 0.3 is 5.97 Å². The molecule has 33 heavy (non-hydrogen) atoms. The molecular weight excluding hydrogens is 442 g/mol. The van der Waals surface area contributed by atoms with Gasteiger partial charge in [-0.15, -0.1) is 0 Å². The molecule has 0 atom stereocenters.